The topological polar surface area (TPSA) is 103 Å². The molecule has 3 heterocycles. The zero-order valence-corrected chi connectivity index (χ0v) is 24.5. The van der Waals surface area contributed by atoms with Gasteiger partial charge in [0.15, 0.2) is 5.11 Å². The molecule has 1 aliphatic rings. The van der Waals surface area contributed by atoms with Gasteiger partial charge in [-0.2, -0.15) is 0 Å². The number of hydrogen-bond donors (Lipinski definition) is 1. The maximum Gasteiger partial charge on any atom is 0.337 e. The predicted molar refractivity (Wildman–Crippen MR) is 169 cm³/mol. The standard InChI is InChI=1S/C32H25N5O4S2/c1-41-31(38)21-6-4-7-24(20-21)35-19-5-9-28(35)30-29(27-8-2-3-18-33-27)34-32(42)36(30)22-10-14-25(15-11-22)43-26-16-12-23(13-17-26)37(39)40/h2-20,29-30H,1H3,(H,34,42)/t29-,30-/m1/s1. The van der Waals surface area contributed by atoms with E-state index in [4.69, 9.17) is 17.0 Å². The average molecular weight is 608 g/mol. The second kappa shape index (κ2) is 12.1. The average Bonchev–Trinajstić information content (AvgIpc) is 3.66. The maximum absolute atomic E-state index is 12.3. The molecule has 2 aromatic heterocycles. The van der Waals surface area contributed by atoms with Crippen molar-refractivity contribution >= 4 is 46.4 Å². The van der Waals surface area contributed by atoms with Crippen LogP contribution in [0.1, 0.15) is 33.8 Å². The molecule has 0 bridgehead atoms. The third kappa shape index (κ3) is 5.72. The summed E-state index contributed by atoms with van der Waals surface area (Å²) in [6, 6.07) is 31.2. The van der Waals surface area contributed by atoms with Crippen molar-refractivity contribution in [2.75, 3.05) is 12.0 Å². The van der Waals surface area contributed by atoms with Crippen molar-refractivity contribution < 1.29 is 14.5 Å². The molecule has 1 N–H and O–H groups in total. The van der Waals surface area contributed by atoms with Crippen LogP contribution in [0.3, 0.4) is 0 Å². The van der Waals surface area contributed by atoms with Crippen molar-refractivity contribution in [2.24, 2.45) is 0 Å². The Morgan fingerprint density at radius 1 is 0.953 bits per heavy atom. The summed E-state index contributed by atoms with van der Waals surface area (Å²) in [5.74, 6) is -0.404. The number of thiocarbonyl (C=S) groups is 1. The first-order chi connectivity index (χ1) is 20.9. The number of nitrogens with zero attached hydrogens (tertiary/aromatic N) is 4. The fourth-order valence-corrected chi connectivity index (χ4v) is 6.31. The molecule has 0 saturated carbocycles. The highest BCUT2D eigenvalue weighted by Gasteiger charge is 2.42. The summed E-state index contributed by atoms with van der Waals surface area (Å²) in [6.45, 7) is 0. The van der Waals surface area contributed by atoms with Gasteiger partial charge in [-0.05, 0) is 91.1 Å². The minimum Gasteiger partial charge on any atom is -0.465 e. The maximum atomic E-state index is 12.3. The molecule has 43 heavy (non-hydrogen) atoms. The molecule has 2 atom stereocenters. The number of nitro benzene ring substituents is 1. The molecule has 0 unspecified atom stereocenters. The van der Waals surface area contributed by atoms with E-state index in [2.05, 4.69) is 19.8 Å². The van der Waals surface area contributed by atoms with Gasteiger partial charge in [0.1, 0.15) is 6.04 Å². The van der Waals surface area contributed by atoms with Crippen LogP contribution < -0.4 is 10.2 Å². The second-order valence-corrected chi connectivity index (χ2v) is 11.2. The summed E-state index contributed by atoms with van der Waals surface area (Å²) in [6.07, 6.45) is 3.73. The first kappa shape index (κ1) is 28.1. The van der Waals surface area contributed by atoms with Gasteiger partial charge >= 0.3 is 5.97 Å². The summed E-state index contributed by atoms with van der Waals surface area (Å²) in [5.41, 5.74) is 4.03. The molecule has 0 radical (unpaired) electrons. The number of benzene rings is 3. The number of aromatic nitrogens is 2. The lowest BCUT2D eigenvalue weighted by molar-refractivity contribution is -0.384. The minimum atomic E-state index is -0.406. The largest absolute Gasteiger partial charge is 0.465 e. The first-order valence-corrected chi connectivity index (χ1v) is 14.5. The van der Waals surface area contributed by atoms with Gasteiger partial charge < -0.3 is 19.5 Å². The number of pyridine rings is 1. The van der Waals surface area contributed by atoms with E-state index >= 15 is 0 Å². The summed E-state index contributed by atoms with van der Waals surface area (Å²) < 4.78 is 6.99. The lowest BCUT2D eigenvalue weighted by Gasteiger charge is -2.29. The van der Waals surface area contributed by atoms with Crippen LogP contribution >= 0.6 is 24.0 Å². The highest BCUT2D eigenvalue weighted by molar-refractivity contribution is 7.99. The van der Waals surface area contributed by atoms with E-state index in [-0.39, 0.29) is 17.8 Å². The Bertz CT molecular complexity index is 1790. The van der Waals surface area contributed by atoms with Crippen molar-refractivity contribution in [3.8, 4) is 5.69 Å². The van der Waals surface area contributed by atoms with Crippen LogP contribution in [0, 0.1) is 10.1 Å². The molecule has 1 saturated heterocycles. The smallest absolute Gasteiger partial charge is 0.337 e. The number of ether oxygens (including phenoxy) is 1. The second-order valence-electron chi connectivity index (χ2n) is 9.69. The van der Waals surface area contributed by atoms with E-state index in [9.17, 15) is 14.9 Å². The van der Waals surface area contributed by atoms with Crippen molar-refractivity contribution in [1.82, 2.24) is 14.9 Å². The molecule has 11 heteroatoms. The Morgan fingerprint density at radius 3 is 2.37 bits per heavy atom. The lowest BCUT2D eigenvalue weighted by Crippen LogP contribution is -2.30. The van der Waals surface area contributed by atoms with E-state index in [1.807, 2.05) is 72.9 Å². The van der Waals surface area contributed by atoms with Gasteiger partial charge in [0, 0.05) is 51.4 Å². The number of carbonyl (C=O) groups is 1. The predicted octanol–water partition coefficient (Wildman–Crippen LogP) is 6.90. The highest BCUT2D eigenvalue weighted by Crippen LogP contribution is 2.43. The lowest BCUT2D eigenvalue weighted by atomic mass is 10.0. The fraction of sp³-hybridized carbons (Fsp3) is 0.0938. The van der Waals surface area contributed by atoms with E-state index in [1.165, 1.54) is 31.0 Å². The van der Waals surface area contributed by atoms with Crippen LogP contribution in [0.5, 0.6) is 0 Å². The molecule has 0 spiro atoms. The van der Waals surface area contributed by atoms with Gasteiger partial charge in [-0.3, -0.25) is 15.1 Å². The molecule has 9 nitrogen and oxygen atoms in total. The van der Waals surface area contributed by atoms with Gasteiger partial charge in [-0.25, -0.2) is 4.79 Å². The minimum absolute atomic E-state index is 0.0602. The van der Waals surface area contributed by atoms with Crippen molar-refractivity contribution in [2.45, 2.75) is 21.9 Å². The van der Waals surface area contributed by atoms with Crippen molar-refractivity contribution in [3.05, 3.63) is 143 Å². The zero-order chi connectivity index (χ0) is 29.9. The molecule has 1 fully saturated rings. The number of esters is 1. The molecule has 0 aliphatic carbocycles. The fourth-order valence-electron chi connectivity index (χ4n) is 5.15. The normalized spacial score (nSPS) is 16.1. The quantitative estimate of drug-likeness (QED) is 0.0874. The molecule has 5 aromatic rings. The summed E-state index contributed by atoms with van der Waals surface area (Å²) in [4.78, 5) is 31.5. The number of hydrogen-bond acceptors (Lipinski definition) is 7. The summed E-state index contributed by atoms with van der Waals surface area (Å²) in [5, 5.41) is 15.0. The van der Waals surface area contributed by atoms with Crippen molar-refractivity contribution in [3.63, 3.8) is 0 Å². The van der Waals surface area contributed by atoms with Crippen LogP contribution in [0.15, 0.2) is 125 Å². The number of nitrogens with one attached hydrogen (secondary N) is 1. The van der Waals surface area contributed by atoms with E-state index in [0.717, 1.165) is 32.6 Å². The number of anilines is 1. The first-order valence-electron chi connectivity index (χ1n) is 13.3. The highest BCUT2D eigenvalue weighted by atomic mass is 32.2. The molecular formula is C32H25N5O4S2. The Kier molecular flexibility index (Phi) is 7.91. The van der Waals surface area contributed by atoms with Gasteiger partial charge in [0.25, 0.3) is 5.69 Å². The van der Waals surface area contributed by atoms with Gasteiger partial charge in [-0.1, -0.05) is 23.9 Å². The van der Waals surface area contributed by atoms with E-state index in [0.29, 0.717) is 10.7 Å². The molecule has 1 aliphatic heterocycles. The Balaban J connectivity index is 1.36. The van der Waals surface area contributed by atoms with Gasteiger partial charge in [0.05, 0.1) is 29.3 Å². The van der Waals surface area contributed by atoms with Gasteiger partial charge in [-0.15, -0.1) is 0 Å². The molecular weight excluding hydrogens is 583 g/mol. The summed E-state index contributed by atoms with van der Waals surface area (Å²) in [7, 11) is 1.37. The molecule has 6 rings (SSSR count). The third-order valence-electron chi connectivity index (χ3n) is 7.12. The number of non-ortho nitro benzene ring substituents is 1. The zero-order valence-electron chi connectivity index (χ0n) is 22.9. The van der Waals surface area contributed by atoms with Crippen molar-refractivity contribution in [1.29, 1.82) is 0 Å². The van der Waals surface area contributed by atoms with Crippen LogP contribution in [0.4, 0.5) is 11.4 Å². The van der Waals surface area contributed by atoms with E-state index < -0.39 is 10.9 Å². The Hall–Kier alpha value is -5.00. The van der Waals surface area contributed by atoms with E-state index in [1.54, 1.807) is 30.5 Å². The monoisotopic (exact) mass is 607 g/mol. The number of nitro groups is 1. The third-order valence-corrected chi connectivity index (χ3v) is 8.46. The SMILES string of the molecule is COC(=O)c1cccc(-n2cccc2[C@@H]2[C@@H](c3ccccn3)NC(=S)N2c2ccc(Sc3ccc([N+](=O)[O-])cc3)cc2)c1. The number of methoxy groups -OCH3 is 1. The van der Waals surface area contributed by atoms with Crippen LogP contribution in [0.2, 0.25) is 0 Å². The van der Waals surface area contributed by atoms with Gasteiger partial charge in [0.2, 0.25) is 0 Å². The van der Waals surface area contributed by atoms with Crippen LogP contribution in [-0.2, 0) is 4.74 Å². The molecule has 0 amide bonds. The Labute approximate surface area is 257 Å². The number of carbonyl (C=O) groups excluding carboxylic acids is 1. The van der Waals surface area contributed by atoms with Crippen LogP contribution in [-0.4, -0.2) is 32.7 Å². The Morgan fingerprint density at radius 2 is 1.70 bits per heavy atom. The van der Waals surface area contributed by atoms with Crippen LogP contribution in [0.25, 0.3) is 5.69 Å². The molecule has 3 aromatic carbocycles. The summed E-state index contributed by atoms with van der Waals surface area (Å²) >= 11 is 7.43. The number of rotatable bonds is 8. The molecule has 214 valence electrons.